The summed E-state index contributed by atoms with van der Waals surface area (Å²) in [5, 5.41) is 14.5. The molecule has 10 heavy (non-hydrogen) atoms. The Morgan fingerprint density at radius 1 is 1.80 bits per heavy atom. The van der Waals surface area contributed by atoms with Crippen LogP contribution in [0.1, 0.15) is 16.1 Å². The molecule has 0 saturated heterocycles. The molecule has 1 aromatic heterocycles. The van der Waals surface area contributed by atoms with Crippen molar-refractivity contribution in [3.8, 4) is 0 Å². The van der Waals surface area contributed by atoms with Crippen LogP contribution in [0, 0.1) is 6.92 Å². The van der Waals surface area contributed by atoms with Gasteiger partial charge in [0, 0.05) is 5.69 Å². The standard InChI is InChI=1S/C5H6N2O2.ClH/c1-3-4(5(8)9)2-6-7-3;/h2H,1H3,(H,6,7)(H,8,9);1H. The van der Waals surface area contributed by atoms with Gasteiger partial charge in [0.05, 0.1) is 6.20 Å². The second-order valence-corrected chi connectivity index (χ2v) is 1.71. The zero-order valence-electron chi connectivity index (χ0n) is 5.29. The van der Waals surface area contributed by atoms with Crippen molar-refractivity contribution < 1.29 is 9.90 Å². The second-order valence-electron chi connectivity index (χ2n) is 1.71. The molecule has 1 aromatic rings. The van der Waals surface area contributed by atoms with Crippen molar-refractivity contribution in [2.75, 3.05) is 0 Å². The average Bonchev–Trinajstić information content (AvgIpc) is 2.13. The molecular formula is C5H7ClN2O2. The minimum absolute atomic E-state index is 0. The number of rotatable bonds is 1. The lowest BCUT2D eigenvalue weighted by Gasteiger charge is -1.85. The fourth-order valence-corrected chi connectivity index (χ4v) is 0.566. The Bertz CT molecular complexity index is 233. The van der Waals surface area contributed by atoms with Gasteiger partial charge in [0.25, 0.3) is 0 Å². The van der Waals surface area contributed by atoms with Crippen LogP contribution >= 0.6 is 12.4 Å². The molecular weight excluding hydrogens is 156 g/mol. The van der Waals surface area contributed by atoms with Crippen LogP contribution in [0.5, 0.6) is 0 Å². The van der Waals surface area contributed by atoms with Gasteiger partial charge in [-0.05, 0) is 6.92 Å². The zero-order chi connectivity index (χ0) is 6.85. The Morgan fingerprint density at radius 3 is 2.60 bits per heavy atom. The molecule has 0 amide bonds. The summed E-state index contributed by atoms with van der Waals surface area (Å²) in [6.07, 6.45) is 1.29. The summed E-state index contributed by atoms with van der Waals surface area (Å²) < 4.78 is 0. The monoisotopic (exact) mass is 162 g/mol. The Labute approximate surface area is 63.7 Å². The summed E-state index contributed by atoms with van der Waals surface area (Å²) in [4.78, 5) is 10.2. The highest BCUT2D eigenvalue weighted by atomic mass is 35.5. The van der Waals surface area contributed by atoms with E-state index in [0.717, 1.165) is 0 Å². The number of nitrogens with zero attached hydrogens (tertiary/aromatic N) is 1. The predicted octanol–water partition coefficient (Wildman–Crippen LogP) is 0.838. The lowest BCUT2D eigenvalue weighted by molar-refractivity contribution is 0.0696. The van der Waals surface area contributed by atoms with Crippen molar-refractivity contribution in [3.05, 3.63) is 17.5 Å². The molecule has 2 N–H and O–H groups in total. The molecule has 0 fully saturated rings. The normalized spacial score (nSPS) is 8.50. The molecule has 0 aliphatic rings. The van der Waals surface area contributed by atoms with Crippen molar-refractivity contribution >= 4 is 18.4 Å². The first-order chi connectivity index (χ1) is 4.22. The van der Waals surface area contributed by atoms with E-state index in [1.54, 1.807) is 6.92 Å². The molecule has 0 unspecified atom stereocenters. The van der Waals surface area contributed by atoms with E-state index in [0.29, 0.717) is 5.69 Å². The van der Waals surface area contributed by atoms with E-state index >= 15 is 0 Å². The molecule has 56 valence electrons. The van der Waals surface area contributed by atoms with Crippen molar-refractivity contribution in [1.82, 2.24) is 10.2 Å². The number of aromatic nitrogens is 2. The van der Waals surface area contributed by atoms with Crippen LogP contribution in [0.2, 0.25) is 0 Å². The average molecular weight is 163 g/mol. The van der Waals surface area contributed by atoms with Crippen LogP contribution in [-0.4, -0.2) is 21.3 Å². The number of carboxylic acid groups (broad SMARTS) is 1. The van der Waals surface area contributed by atoms with E-state index in [4.69, 9.17) is 5.11 Å². The molecule has 1 heterocycles. The topological polar surface area (TPSA) is 66.0 Å². The number of aryl methyl sites for hydroxylation is 1. The number of nitrogens with one attached hydrogen (secondary N) is 1. The third kappa shape index (κ3) is 1.48. The van der Waals surface area contributed by atoms with Crippen LogP contribution in [0.25, 0.3) is 0 Å². The predicted molar refractivity (Wildman–Crippen MR) is 37.5 cm³/mol. The maximum atomic E-state index is 10.2. The summed E-state index contributed by atoms with van der Waals surface area (Å²) >= 11 is 0. The van der Waals surface area contributed by atoms with Gasteiger partial charge in [0.2, 0.25) is 0 Å². The molecule has 5 heteroatoms. The molecule has 4 nitrogen and oxygen atoms in total. The summed E-state index contributed by atoms with van der Waals surface area (Å²) in [5.41, 5.74) is 0.817. The third-order valence-electron chi connectivity index (χ3n) is 1.06. The zero-order valence-corrected chi connectivity index (χ0v) is 6.10. The van der Waals surface area contributed by atoms with Gasteiger partial charge in [-0.25, -0.2) is 4.79 Å². The van der Waals surface area contributed by atoms with Crippen LogP contribution in [0.15, 0.2) is 6.20 Å². The van der Waals surface area contributed by atoms with Crippen LogP contribution < -0.4 is 0 Å². The SMILES string of the molecule is Cc1[nH]ncc1C(=O)O.Cl. The molecule has 0 spiro atoms. The number of halogens is 1. The van der Waals surface area contributed by atoms with E-state index in [1.165, 1.54) is 6.20 Å². The summed E-state index contributed by atoms with van der Waals surface area (Å²) in [6.45, 7) is 1.66. The highest BCUT2D eigenvalue weighted by Gasteiger charge is 2.06. The first-order valence-electron chi connectivity index (χ1n) is 2.45. The number of H-pyrrole nitrogens is 1. The van der Waals surface area contributed by atoms with Crippen LogP contribution in [0.3, 0.4) is 0 Å². The number of hydrogen-bond donors (Lipinski definition) is 2. The van der Waals surface area contributed by atoms with Gasteiger partial charge in [-0.3, -0.25) is 5.10 Å². The van der Waals surface area contributed by atoms with Gasteiger partial charge < -0.3 is 5.11 Å². The highest BCUT2D eigenvalue weighted by Crippen LogP contribution is 2.00. The minimum Gasteiger partial charge on any atom is -0.478 e. The number of hydrogen-bond acceptors (Lipinski definition) is 2. The minimum atomic E-state index is -0.943. The number of carbonyl (C=O) groups is 1. The molecule has 0 bridgehead atoms. The number of aromatic carboxylic acids is 1. The smallest absolute Gasteiger partial charge is 0.339 e. The maximum Gasteiger partial charge on any atom is 0.339 e. The third-order valence-corrected chi connectivity index (χ3v) is 1.06. The maximum absolute atomic E-state index is 10.2. The molecule has 0 saturated carbocycles. The quantitative estimate of drug-likeness (QED) is 0.643. The molecule has 0 aromatic carbocycles. The van der Waals surface area contributed by atoms with E-state index in [9.17, 15) is 4.79 Å². The summed E-state index contributed by atoms with van der Waals surface area (Å²) in [7, 11) is 0. The van der Waals surface area contributed by atoms with Gasteiger partial charge in [-0.1, -0.05) is 0 Å². The van der Waals surface area contributed by atoms with Crippen LogP contribution in [-0.2, 0) is 0 Å². The highest BCUT2D eigenvalue weighted by molar-refractivity contribution is 5.88. The first kappa shape index (κ1) is 8.97. The largest absolute Gasteiger partial charge is 0.478 e. The molecule has 0 atom stereocenters. The van der Waals surface area contributed by atoms with Gasteiger partial charge in [-0.2, -0.15) is 5.10 Å². The Morgan fingerprint density at radius 2 is 2.40 bits per heavy atom. The number of carboxylic acids is 1. The van der Waals surface area contributed by atoms with Crippen LogP contribution in [0.4, 0.5) is 0 Å². The Kier molecular flexibility index (Phi) is 2.89. The summed E-state index contributed by atoms with van der Waals surface area (Å²) in [5.74, 6) is -0.943. The van der Waals surface area contributed by atoms with Gasteiger partial charge in [-0.15, -0.1) is 12.4 Å². The first-order valence-corrected chi connectivity index (χ1v) is 2.45. The van der Waals surface area contributed by atoms with Crippen molar-refractivity contribution in [1.29, 1.82) is 0 Å². The van der Waals surface area contributed by atoms with Gasteiger partial charge in [0.15, 0.2) is 0 Å². The lowest BCUT2D eigenvalue weighted by Crippen LogP contribution is -1.95. The fourth-order valence-electron chi connectivity index (χ4n) is 0.566. The van der Waals surface area contributed by atoms with Crippen molar-refractivity contribution in [2.45, 2.75) is 6.92 Å². The second kappa shape index (κ2) is 3.22. The van der Waals surface area contributed by atoms with Crippen molar-refractivity contribution in [3.63, 3.8) is 0 Å². The molecule has 0 radical (unpaired) electrons. The Hall–Kier alpha value is -1.03. The molecule has 0 aliphatic heterocycles. The van der Waals surface area contributed by atoms with Gasteiger partial charge >= 0.3 is 5.97 Å². The fraction of sp³-hybridized carbons (Fsp3) is 0.200. The van der Waals surface area contributed by atoms with E-state index in [2.05, 4.69) is 10.2 Å². The Balaban J connectivity index is 0.000000810. The van der Waals surface area contributed by atoms with E-state index in [1.807, 2.05) is 0 Å². The van der Waals surface area contributed by atoms with Gasteiger partial charge in [0.1, 0.15) is 5.56 Å². The molecule has 1 rings (SSSR count). The van der Waals surface area contributed by atoms with E-state index in [-0.39, 0.29) is 18.0 Å². The summed E-state index contributed by atoms with van der Waals surface area (Å²) in [6, 6.07) is 0. The molecule has 0 aliphatic carbocycles. The lowest BCUT2D eigenvalue weighted by atomic mass is 10.3. The van der Waals surface area contributed by atoms with Crippen molar-refractivity contribution in [2.24, 2.45) is 0 Å². The van der Waals surface area contributed by atoms with E-state index < -0.39 is 5.97 Å². The number of aromatic amines is 1.